The van der Waals surface area contributed by atoms with Gasteiger partial charge in [-0.05, 0) is 59.1 Å². The lowest BCUT2D eigenvalue weighted by atomic mass is 10.1. The Balaban J connectivity index is 2.12. The molecule has 128 valence electrons. The Morgan fingerprint density at radius 2 is 2.00 bits per heavy atom. The van der Waals surface area contributed by atoms with Crippen LogP contribution in [0.3, 0.4) is 0 Å². The maximum atomic E-state index is 12.3. The number of carbonyl (C=O) groups excluding carboxylic acids is 1. The van der Waals surface area contributed by atoms with E-state index in [4.69, 9.17) is 4.74 Å². The second-order valence-electron chi connectivity index (χ2n) is 6.28. The molecule has 0 radical (unpaired) electrons. The zero-order valence-corrected chi connectivity index (χ0v) is 14.7. The number of benzene rings is 1. The highest BCUT2D eigenvalue weighted by molar-refractivity contribution is 7.89. The van der Waals surface area contributed by atoms with Crippen molar-refractivity contribution in [3.05, 3.63) is 18.2 Å². The van der Waals surface area contributed by atoms with Gasteiger partial charge in [0.15, 0.2) is 5.60 Å². The standard InChI is InChI=1S/C15H23N3O4S/c1-15(2)14(19)17-12-10-11(6-7-13(12)22-15)23(20,21)16-8-5-9-18(3)4/h6-7,10,16H,5,8-9H2,1-4H3,(H,17,19). The van der Waals surface area contributed by atoms with Crippen molar-refractivity contribution in [2.45, 2.75) is 30.8 Å². The van der Waals surface area contributed by atoms with Gasteiger partial charge in [-0.15, -0.1) is 0 Å². The summed E-state index contributed by atoms with van der Waals surface area (Å²) >= 11 is 0. The van der Waals surface area contributed by atoms with E-state index >= 15 is 0 Å². The number of hydrogen-bond acceptors (Lipinski definition) is 5. The molecule has 0 aliphatic carbocycles. The SMILES string of the molecule is CN(C)CCCNS(=O)(=O)c1ccc2c(c1)NC(=O)C(C)(C)O2. The molecule has 0 bridgehead atoms. The van der Waals surface area contributed by atoms with Crippen LogP contribution in [0.4, 0.5) is 5.69 Å². The molecule has 0 saturated carbocycles. The molecule has 7 nitrogen and oxygen atoms in total. The fraction of sp³-hybridized carbons (Fsp3) is 0.533. The fourth-order valence-corrected chi connectivity index (χ4v) is 3.24. The molecule has 2 rings (SSSR count). The molecular formula is C15H23N3O4S. The van der Waals surface area contributed by atoms with Gasteiger partial charge in [0.25, 0.3) is 5.91 Å². The van der Waals surface area contributed by atoms with E-state index in [9.17, 15) is 13.2 Å². The molecule has 0 saturated heterocycles. The van der Waals surface area contributed by atoms with Crippen molar-refractivity contribution in [1.29, 1.82) is 0 Å². The van der Waals surface area contributed by atoms with Gasteiger partial charge in [-0.1, -0.05) is 0 Å². The first-order chi connectivity index (χ1) is 10.6. The van der Waals surface area contributed by atoms with E-state index < -0.39 is 15.6 Å². The van der Waals surface area contributed by atoms with Gasteiger partial charge in [-0.2, -0.15) is 0 Å². The van der Waals surface area contributed by atoms with E-state index in [1.807, 2.05) is 19.0 Å². The Bertz CT molecular complexity index is 699. The Hall–Kier alpha value is -1.64. The zero-order chi connectivity index (χ0) is 17.3. The van der Waals surface area contributed by atoms with Gasteiger partial charge in [0.1, 0.15) is 5.75 Å². The highest BCUT2D eigenvalue weighted by Crippen LogP contribution is 2.35. The van der Waals surface area contributed by atoms with E-state index in [2.05, 4.69) is 10.0 Å². The lowest BCUT2D eigenvalue weighted by Gasteiger charge is -2.31. The van der Waals surface area contributed by atoms with Crippen molar-refractivity contribution in [3.63, 3.8) is 0 Å². The maximum Gasteiger partial charge on any atom is 0.268 e. The van der Waals surface area contributed by atoms with Crippen LogP contribution >= 0.6 is 0 Å². The largest absolute Gasteiger partial charge is 0.476 e. The van der Waals surface area contributed by atoms with Gasteiger partial charge in [0.05, 0.1) is 10.6 Å². The number of nitrogens with zero attached hydrogens (tertiary/aromatic N) is 1. The third kappa shape index (κ3) is 4.21. The number of sulfonamides is 1. The minimum Gasteiger partial charge on any atom is -0.476 e. The minimum atomic E-state index is -3.61. The summed E-state index contributed by atoms with van der Waals surface area (Å²) in [5.41, 5.74) is -0.608. The van der Waals surface area contributed by atoms with Crippen LogP contribution < -0.4 is 14.8 Å². The number of fused-ring (bicyclic) bond motifs is 1. The van der Waals surface area contributed by atoms with Crippen LogP contribution in [0.1, 0.15) is 20.3 Å². The lowest BCUT2D eigenvalue weighted by molar-refractivity contribution is -0.129. The van der Waals surface area contributed by atoms with Gasteiger partial charge < -0.3 is 15.0 Å². The average Bonchev–Trinajstić information content (AvgIpc) is 2.44. The Morgan fingerprint density at radius 3 is 2.65 bits per heavy atom. The predicted octanol–water partition coefficient (Wildman–Crippen LogP) is 1.03. The molecule has 8 heteroatoms. The minimum absolute atomic E-state index is 0.102. The van der Waals surface area contributed by atoms with Crippen molar-refractivity contribution in [2.75, 3.05) is 32.5 Å². The van der Waals surface area contributed by atoms with E-state index in [0.717, 1.165) is 6.54 Å². The summed E-state index contributed by atoms with van der Waals surface area (Å²) < 4.78 is 32.7. The first kappa shape index (κ1) is 17.7. The van der Waals surface area contributed by atoms with Crippen molar-refractivity contribution in [1.82, 2.24) is 9.62 Å². The number of ether oxygens (including phenoxy) is 1. The van der Waals surface area contributed by atoms with Gasteiger partial charge in [-0.25, -0.2) is 13.1 Å². The summed E-state index contributed by atoms with van der Waals surface area (Å²) in [5.74, 6) is 0.152. The number of anilines is 1. The molecule has 23 heavy (non-hydrogen) atoms. The molecule has 1 aliphatic rings. The lowest BCUT2D eigenvalue weighted by Crippen LogP contribution is -2.45. The molecule has 1 aliphatic heterocycles. The molecule has 1 aromatic rings. The monoisotopic (exact) mass is 341 g/mol. The quantitative estimate of drug-likeness (QED) is 0.755. The predicted molar refractivity (Wildman–Crippen MR) is 88.1 cm³/mol. The third-order valence-electron chi connectivity index (χ3n) is 3.50. The second-order valence-corrected chi connectivity index (χ2v) is 8.05. The zero-order valence-electron chi connectivity index (χ0n) is 13.8. The summed E-state index contributed by atoms with van der Waals surface area (Å²) in [7, 11) is 0.252. The van der Waals surface area contributed by atoms with Crippen LogP contribution in [0.15, 0.2) is 23.1 Å². The third-order valence-corrected chi connectivity index (χ3v) is 4.95. The molecule has 0 spiro atoms. The van der Waals surface area contributed by atoms with Crippen LogP contribution in [0.25, 0.3) is 0 Å². The van der Waals surface area contributed by atoms with E-state index in [1.165, 1.54) is 12.1 Å². The number of nitrogens with one attached hydrogen (secondary N) is 2. The van der Waals surface area contributed by atoms with Crippen molar-refractivity contribution in [3.8, 4) is 5.75 Å². The van der Waals surface area contributed by atoms with Gasteiger partial charge in [-0.3, -0.25) is 4.79 Å². The smallest absolute Gasteiger partial charge is 0.268 e. The molecule has 0 fully saturated rings. The molecule has 1 amide bonds. The first-order valence-electron chi connectivity index (χ1n) is 7.41. The van der Waals surface area contributed by atoms with E-state index in [-0.39, 0.29) is 10.8 Å². The van der Waals surface area contributed by atoms with Crippen LogP contribution in [0.2, 0.25) is 0 Å². The van der Waals surface area contributed by atoms with E-state index in [0.29, 0.717) is 24.4 Å². The van der Waals surface area contributed by atoms with Crippen LogP contribution in [-0.2, 0) is 14.8 Å². The highest BCUT2D eigenvalue weighted by Gasteiger charge is 2.35. The first-order valence-corrected chi connectivity index (χ1v) is 8.89. The number of rotatable bonds is 6. The summed E-state index contributed by atoms with van der Waals surface area (Å²) in [6, 6.07) is 4.45. The normalized spacial score (nSPS) is 16.7. The van der Waals surface area contributed by atoms with Crippen molar-refractivity contribution in [2.24, 2.45) is 0 Å². The summed E-state index contributed by atoms with van der Waals surface area (Å²) in [5, 5.41) is 2.68. The van der Waals surface area contributed by atoms with Gasteiger partial charge in [0.2, 0.25) is 10.0 Å². The van der Waals surface area contributed by atoms with Gasteiger partial charge >= 0.3 is 0 Å². The number of carbonyl (C=O) groups is 1. The Morgan fingerprint density at radius 1 is 1.30 bits per heavy atom. The van der Waals surface area contributed by atoms with E-state index in [1.54, 1.807) is 19.9 Å². The Kier molecular flexibility index (Phi) is 4.98. The molecule has 0 atom stereocenters. The van der Waals surface area contributed by atoms with Crippen LogP contribution in [-0.4, -0.2) is 52.0 Å². The molecule has 0 aromatic heterocycles. The van der Waals surface area contributed by atoms with Crippen molar-refractivity contribution < 1.29 is 17.9 Å². The number of hydrogen-bond donors (Lipinski definition) is 2. The molecule has 0 unspecified atom stereocenters. The van der Waals surface area contributed by atoms with Gasteiger partial charge in [0, 0.05) is 6.54 Å². The highest BCUT2D eigenvalue weighted by atomic mass is 32.2. The molecule has 1 aromatic carbocycles. The van der Waals surface area contributed by atoms with Crippen LogP contribution in [0, 0.1) is 0 Å². The molecule has 2 N–H and O–H groups in total. The number of amides is 1. The molecular weight excluding hydrogens is 318 g/mol. The topological polar surface area (TPSA) is 87.7 Å². The maximum absolute atomic E-state index is 12.3. The summed E-state index contributed by atoms with van der Waals surface area (Å²) in [6.07, 6.45) is 0.713. The average molecular weight is 341 g/mol. The summed E-state index contributed by atoms with van der Waals surface area (Å²) in [6.45, 7) is 4.46. The molecule has 1 heterocycles. The fourth-order valence-electron chi connectivity index (χ4n) is 2.14. The Labute approximate surface area is 137 Å². The summed E-state index contributed by atoms with van der Waals surface area (Å²) in [4.78, 5) is 14.0. The second kappa shape index (κ2) is 6.46. The van der Waals surface area contributed by atoms with Crippen LogP contribution in [0.5, 0.6) is 5.75 Å². The van der Waals surface area contributed by atoms with Crippen molar-refractivity contribution >= 4 is 21.6 Å².